The Labute approximate surface area is 119 Å². The molecule has 1 saturated heterocycles. The molecule has 1 aliphatic heterocycles. The van der Waals surface area contributed by atoms with Crippen LogP contribution >= 0.6 is 0 Å². The molecular weight excluding hydrogens is 256 g/mol. The number of ether oxygens (including phenoxy) is 1. The average molecular weight is 278 g/mol. The van der Waals surface area contributed by atoms with Crippen LogP contribution in [-0.4, -0.2) is 37.4 Å². The van der Waals surface area contributed by atoms with Gasteiger partial charge in [-0.1, -0.05) is 6.07 Å². The Morgan fingerprint density at radius 1 is 1.55 bits per heavy atom. The fourth-order valence-electron chi connectivity index (χ4n) is 2.87. The van der Waals surface area contributed by atoms with E-state index >= 15 is 0 Å². The molecule has 1 unspecified atom stereocenters. The third kappa shape index (κ3) is 2.88. The first-order valence-corrected chi connectivity index (χ1v) is 7.03. The quantitative estimate of drug-likeness (QED) is 0.634. The van der Waals surface area contributed by atoms with Crippen molar-refractivity contribution in [2.45, 2.75) is 31.7 Å². The SMILES string of the molecule is COC(=O)c1cccc(N2CCCC2CCCO)c1N. The Bertz CT molecular complexity index is 476. The van der Waals surface area contributed by atoms with Crippen LogP contribution in [0.1, 0.15) is 36.0 Å². The van der Waals surface area contributed by atoms with Crippen LogP contribution in [0.15, 0.2) is 18.2 Å². The summed E-state index contributed by atoms with van der Waals surface area (Å²) in [5, 5.41) is 8.98. The molecule has 0 bridgehead atoms. The van der Waals surface area contributed by atoms with E-state index in [1.165, 1.54) is 7.11 Å². The monoisotopic (exact) mass is 278 g/mol. The number of carbonyl (C=O) groups is 1. The minimum atomic E-state index is -0.407. The molecule has 20 heavy (non-hydrogen) atoms. The van der Waals surface area contributed by atoms with E-state index in [1.807, 2.05) is 12.1 Å². The minimum Gasteiger partial charge on any atom is -0.465 e. The predicted octanol–water partition coefficient (Wildman–Crippen LogP) is 1.80. The zero-order chi connectivity index (χ0) is 14.5. The van der Waals surface area contributed by atoms with Crippen molar-refractivity contribution in [3.05, 3.63) is 23.8 Å². The number of aliphatic hydroxyl groups excluding tert-OH is 1. The summed E-state index contributed by atoms with van der Waals surface area (Å²) in [6, 6.07) is 5.85. The highest BCUT2D eigenvalue weighted by Crippen LogP contribution is 2.34. The van der Waals surface area contributed by atoms with Crippen molar-refractivity contribution in [2.75, 3.05) is 30.9 Å². The van der Waals surface area contributed by atoms with Crippen molar-refractivity contribution in [1.29, 1.82) is 0 Å². The molecule has 5 heteroatoms. The topological polar surface area (TPSA) is 75.8 Å². The van der Waals surface area contributed by atoms with E-state index in [0.29, 0.717) is 17.3 Å². The normalized spacial score (nSPS) is 18.3. The summed E-state index contributed by atoms with van der Waals surface area (Å²) in [5.41, 5.74) is 7.93. The Morgan fingerprint density at radius 2 is 2.35 bits per heavy atom. The van der Waals surface area contributed by atoms with Crippen LogP contribution in [0.25, 0.3) is 0 Å². The Morgan fingerprint density at radius 3 is 3.05 bits per heavy atom. The summed E-state index contributed by atoms with van der Waals surface area (Å²) in [7, 11) is 1.36. The number of carbonyl (C=O) groups excluding carboxylic acids is 1. The number of esters is 1. The number of nitrogens with zero attached hydrogens (tertiary/aromatic N) is 1. The lowest BCUT2D eigenvalue weighted by molar-refractivity contribution is 0.0602. The van der Waals surface area contributed by atoms with Crippen LogP contribution in [-0.2, 0) is 4.74 Å². The molecule has 5 nitrogen and oxygen atoms in total. The van der Waals surface area contributed by atoms with E-state index in [1.54, 1.807) is 6.07 Å². The van der Waals surface area contributed by atoms with Crippen LogP contribution in [0.4, 0.5) is 11.4 Å². The van der Waals surface area contributed by atoms with Gasteiger partial charge in [0.1, 0.15) is 0 Å². The van der Waals surface area contributed by atoms with Gasteiger partial charge in [0.2, 0.25) is 0 Å². The molecule has 0 aliphatic carbocycles. The van der Waals surface area contributed by atoms with Gasteiger partial charge in [0.15, 0.2) is 0 Å². The maximum absolute atomic E-state index is 11.7. The van der Waals surface area contributed by atoms with Gasteiger partial charge >= 0.3 is 5.97 Å². The maximum atomic E-state index is 11.7. The van der Waals surface area contributed by atoms with E-state index in [-0.39, 0.29) is 6.61 Å². The predicted molar refractivity (Wildman–Crippen MR) is 78.9 cm³/mol. The molecule has 110 valence electrons. The van der Waals surface area contributed by atoms with E-state index in [4.69, 9.17) is 15.6 Å². The number of aliphatic hydroxyl groups is 1. The lowest BCUT2D eigenvalue weighted by atomic mass is 10.1. The molecule has 0 radical (unpaired) electrons. The summed E-state index contributed by atoms with van der Waals surface area (Å²) < 4.78 is 4.76. The van der Waals surface area contributed by atoms with E-state index in [0.717, 1.165) is 37.9 Å². The van der Waals surface area contributed by atoms with Gasteiger partial charge in [-0.3, -0.25) is 0 Å². The lowest BCUT2D eigenvalue weighted by Crippen LogP contribution is -2.30. The van der Waals surface area contributed by atoms with Crippen molar-refractivity contribution < 1.29 is 14.6 Å². The maximum Gasteiger partial charge on any atom is 0.340 e. The van der Waals surface area contributed by atoms with Crippen LogP contribution in [0.2, 0.25) is 0 Å². The highest BCUT2D eigenvalue weighted by molar-refractivity contribution is 5.98. The number of nitrogens with two attached hydrogens (primary N) is 1. The van der Waals surface area contributed by atoms with Gasteiger partial charge in [0.05, 0.1) is 24.0 Å². The number of anilines is 2. The fraction of sp³-hybridized carbons (Fsp3) is 0.533. The summed E-state index contributed by atoms with van der Waals surface area (Å²) in [6.07, 6.45) is 3.94. The second kappa shape index (κ2) is 6.61. The van der Waals surface area contributed by atoms with Crippen LogP contribution in [0.5, 0.6) is 0 Å². The first-order valence-electron chi connectivity index (χ1n) is 7.03. The Kier molecular flexibility index (Phi) is 4.84. The molecule has 1 aromatic carbocycles. The van der Waals surface area contributed by atoms with Crippen molar-refractivity contribution in [2.24, 2.45) is 0 Å². The minimum absolute atomic E-state index is 0.210. The number of benzene rings is 1. The Hall–Kier alpha value is -1.75. The second-order valence-electron chi connectivity index (χ2n) is 5.09. The highest BCUT2D eigenvalue weighted by atomic mass is 16.5. The second-order valence-corrected chi connectivity index (χ2v) is 5.09. The summed E-state index contributed by atoms with van der Waals surface area (Å²) in [6.45, 7) is 1.15. The van der Waals surface area contributed by atoms with Crippen molar-refractivity contribution in [3.8, 4) is 0 Å². The van der Waals surface area contributed by atoms with Gasteiger partial charge in [-0.2, -0.15) is 0 Å². The molecule has 0 aromatic heterocycles. The van der Waals surface area contributed by atoms with Gasteiger partial charge in [-0.25, -0.2) is 4.79 Å². The largest absolute Gasteiger partial charge is 0.465 e. The van der Waals surface area contributed by atoms with Crippen LogP contribution in [0.3, 0.4) is 0 Å². The van der Waals surface area contributed by atoms with Gasteiger partial charge in [-0.15, -0.1) is 0 Å². The number of para-hydroxylation sites is 1. The highest BCUT2D eigenvalue weighted by Gasteiger charge is 2.27. The number of nitrogen functional groups attached to an aromatic ring is 1. The molecule has 2 rings (SSSR count). The number of rotatable bonds is 5. The zero-order valence-corrected chi connectivity index (χ0v) is 11.8. The summed E-state index contributed by atoms with van der Waals surface area (Å²) >= 11 is 0. The third-order valence-corrected chi connectivity index (χ3v) is 3.87. The number of hydrogen-bond donors (Lipinski definition) is 2. The molecule has 1 fully saturated rings. The van der Waals surface area contributed by atoms with Crippen molar-refractivity contribution in [1.82, 2.24) is 0 Å². The van der Waals surface area contributed by atoms with E-state index in [9.17, 15) is 4.79 Å². The fourth-order valence-corrected chi connectivity index (χ4v) is 2.87. The van der Waals surface area contributed by atoms with Crippen LogP contribution < -0.4 is 10.6 Å². The van der Waals surface area contributed by atoms with Crippen molar-refractivity contribution in [3.63, 3.8) is 0 Å². The molecule has 1 aliphatic rings. The summed E-state index contributed by atoms with van der Waals surface area (Å²) in [5.74, 6) is -0.407. The van der Waals surface area contributed by atoms with E-state index in [2.05, 4.69) is 4.90 Å². The summed E-state index contributed by atoms with van der Waals surface area (Å²) in [4.78, 5) is 13.9. The van der Waals surface area contributed by atoms with Crippen molar-refractivity contribution >= 4 is 17.3 Å². The first-order chi connectivity index (χ1) is 9.69. The van der Waals surface area contributed by atoms with Gasteiger partial charge in [0, 0.05) is 19.2 Å². The molecule has 0 saturated carbocycles. The van der Waals surface area contributed by atoms with Gasteiger partial charge in [-0.05, 0) is 37.8 Å². The van der Waals surface area contributed by atoms with E-state index < -0.39 is 5.97 Å². The standard InChI is InChI=1S/C15H22N2O3/c1-20-15(19)12-7-2-8-13(14(12)16)17-9-3-5-11(17)6-4-10-18/h2,7-8,11,18H,3-6,9-10,16H2,1H3. The number of methoxy groups -OCH3 is 1. The number of hydrogen-bond acceptors (Lipinski definition) is 5. The average Bonchev–Trinajstić information content (AvgIpc) is 2.92. The van der Waals surface area contributed by atoms with Gasteiger partial charge < -0.3 is 20.5 Å². The molecule has 0 spiro atoms. The van der Waals surface area contributed by atoms with Gasteiger partial charge in [0.25, 0.3) is 0 Å². The molecule has 1 aromatic rings. The first kappa shape index (κ1) is 14.7. The lowest BCUT2D eigenvalue weighted by Gasteiger charge is -2.28. The molecule has 3 N–H and O–H groups in total. The molecule has 1 atom stereocenters. The third-order valence-electron chi connectivity index (χ3n) is 3.87. The Balaban J connectivity index is 2.25. The molecule has 0 amide bonds. The smallest absolute Gasteiger partial charge is 0.340 e. The molecular formula is C15H22N2O3. The zero-order valence-electron chi connectivity index (χ0n) is 11.8. The van der Waals surface area contributed by atoms with Crippen LogP contribution in [0, 0.1) is 0 Å². The molecule has 1 heterocycles.